The first-order valence-corrected chi connectivity index (χ1v) is 11.0. The van der Waals surface area contributed by atoms with E-state index in [-0.39, 0.29) is 25.1 Å². The number of amides is 2. The molecule has 2 aliphatic carbocycles. The molecule has 0 heterocycles. The first kappa shape index (κ1) is 21.9. The number of carbonyl (C=O) groups excluding carboxylic acids is 2. The summed E-state index contributed by atoms with van der Waals surface area (Å²) in [6, 6.07) is 16.1. The number of nitrogens with zero attached hydrogens (tertiary/aromatic N) is 1. The molecule has 2 N–H and O–H groups in total. The van der Waals surface area contributed by atoms with Crippen molar-refractivity contribution in [2.45, 2.75) is 50.6 Å². The second-order valence-electron chi connectivity index (χ2n) is 8.69. The van der Waals surface area contributed by atoms with Gasteiger partial charge in [0.1, 0.15) is 18.7 Å². The molecule has 0 aliphatic heterocycles. The van der Waals surface area contributed by atoms with Gasteiger partial charge in [-0.05, 0) is 48.4 Å². The van der Waals surface area contributed by atoms with Crippen molar-refractivity contribution in [2.24, 2.45) is 0 Å². The van der Waals surface area contributed by atoms with Gasteiger partial charge in [-0.25, -0.2) is 4.79 Å². The van der Waals surface area contributed by atoms with Gasteiger partial charge in [-0.1, -0.05) is 55.5 Å². The predicted molar refractivity (Wildman–Crippen MR) is 119 cm³/mol. The third kappa shape index (κ3) is 4.20. The van der Waals surface area contributed by atoms with Gasteiger partial charge in [-0.3, -0.25) is 9.59 Å². The quantitative estimate of drug-likeness (QED) is 0.657. The molecule has 2 aromatic rings. The Morgan fingerprint density at radius 2 is 1.62 bits per heavy atom. The highest BCUT2D eigenvalue weighted by molar-refractivity contribution is 5.92. The molecule has 4 rings (SSSR count). The molecule has 7 nitrogen and oxygen atoms in total. The largest absolute Gasteiger partial charge is 0.480 e. The third-order valence-electron chi connectivity index (χ3n) is 6.45. The van der Waals surface area contributed by atoms with Gasteiger partial charge in [-0.2, -0.15) is 0 Å². The Hall–Kier alpha value is -3.35. The lowest BCUT2D eigenvalue weighted by Gasteiger charge is -2.33. The normalized spacial score (nSPS) is 16.4. The van der Waals surface area contributed by atoms with Crippen molar-refractivity contribution < 1.29 is 24.2 Å². The van der Waals surface area contributed by atoms with Crippen molar-refractivity contribution in [3.63, 3.8) is 0 Å². The maximum atomic E-state index is 13.1. The maximum Gasteiger partial charge on any atom is 0.408 e. The second-order valence-corrected chi connectivity index (χ2v) is 8.69. The number of fused-ring (bicyclic) bond motifs is 3. The molecular formula is C25H28N2O5. The Morgan fingerprint density at radius 3 is 2.12 bits per heavy atom. The molecule has 1 atom stereocenters. The van der Waals surface area contributed by atoms with Crippen LogP contribution in [-0.2, 0) is 14.3 Å². The van der Waals surface area contributed by atoms with Gasteiger partial charge < -0.3 is 20.1 Å². The SMILES string of the molecule is CCC(C)(NC(=O)OCC1c2ccccc2-c2ccccc21)C(=O)N(CC(=O)O)C1CC1. The standard InChI is InChI=1S/C25H28N2O5/c1-3-25(2,23(30)27(14-22(28)29)16-12-13-16)26-24(31)32-15-21-19-10-6-4-8-17(19)18-9-5-7-11-20(18)21/h4-11,16,21H,3,12-15H2,1-2H3,(H,26,31)(H,28,29). The van der Waals surface area contributed by atoms with Gasteiger partial charge in [-0.15, -0.1) is 0 Å². The third-order valence-corrected chi connectivity index (χ3v) is 6.45. The molecule has 0 aromatic heterocycles. The highest BCUT2D eigenvalue weighted by atomic mass is 16.5. The average Bonchev–Trinajstić information content (AvgIpc) is 3.58. The van der Waals surface area contributed by atoms with Crippen LogP contribution in [-0.4, -0.2) is 52.7 Å². The molecule has 0 spiro atoms. The number of nitrogens with one attached hydrogen (secondary N) is 1. The number of carbonyl (C=O) groups is 3. The molecule has 1 unspecified atom stereocenters. The summed E-state index contributed by atoms with van der Waals surface area (Å²) in [6.07, 6.45) is 1.20. The van der Waals surface area contributed by atoms with Crippen LogP contribution in [0.2, 0.25) is 0 Å². The van der Waals surface area contributed by atoms with E-state index in [4.69, 9.17) is 4.74 Å². The van der Waals surface area contributed by atoms with E-state index in [1.807, 2.05) is 36.4 Å². The molecule has 32 heavy (non-hydrogen) atoms. The zero-order valence-electron chi connectivity index (χ0n) is 18.3. The minimum atomic E-state index is -1.24. The number of carboxylic acids is 1. The molecule has 0 bridgehead atoms. The van der Waals surface area contributed by atoms with Crippen molar-refractivity contribution in [2.75, 3.05) is 13.2 Å². The molecular weight excluding hydrogens is 408 g/mol. The van der Waals surface area contributed by atoms with Gasteiger partial charge in [0, 0.05) is 12.0 Å². The van der Waals surface area contributed by atoms with E-state index in [9.17, 15) is 19.5 Å². The van der Waals surface area contributed by atoms with Gasteiger partial charge in [0.2, 0.25) is 5.91 Å². The minimum absolute atomic E-state index is 0.0752. The maximum absolute atomic E-state index is 13.1. The Balaban J connectivity index is 1.45. The summed E-state index contributed by atoms with van der Waals surface area (Å²) >= 11 is 0. The molecule has 2 aromatic carbocycles. The number of hydrogen-bond donors (Lipinski definition) is 2. The number of benzene rings is 2. The Labute approximate surface area is 187 Å². The average molecular weight is 437 g/mol. The molecule has 2 aliphatic rings. The van der Waals surface area contributed by atoms with Gasteiger partial charge in [0.05, 0.1) is 0 Å². The summed E-state index contributed by atoms with van der Waals surface area (Å²) in [7, 11) is 0. The monoisotopic (exact) mass is 436 g/mol. The van der Waals surface area contributed by atoms with E-state index in [1.165, 1.54) is 4.90 Å². The van der Waals surface area contributed by atoms with E-state index in [2.05, 4.69) is 17.4 Å². The van der Waals surface area contributed by atoms with Crippen LogP contribution >= 0.6 is 0 Å². The highest BCUT2D eigenvalue weighted by Crippen LogP contribution is 2.44. The number of rotatable bonds is 8. The first-order chi connectivity index (χ1) is 15.3. The van der Waals surface area contributed by atoms with E-state index in [0.29, 0.717) is 6.42 Å². The molecule has 7 heteroatoms. The fourth-order valence-corrected chi connectivity index (χ4v) is 4.37. The van der Waals surface area contributed by atoms with E-state index < -0.39 is 23.5 Å². The van der Waals surface area contributed by atoms with E-state index in [0.717, 1.165) is 35.1 Å². The van der Waals surface area contributed by atoms with Crippen LogP contribution in [0.1, 0.15) is 50.2 Å². The minimum Gasteiger partial charge on any atom is -0.480 e. The summed E-state index contributed by atoms with van der Waals surface area (Å²) in [6.45, 7) is 3.18. The fourth-order valence-electron chi connectivity index (χ4n) is 4.37. The number of aliphatic carboxylic acids is 1. The topological polar surface area (TPSA) is 95.9 Å². The summed E-state index contributed by atoms with van der Waals surface area (Å²) in [5.41, 5.74) is 3.26. The Morgan fingerprint density at radius 1 is 1.06 bits per heavy atom. The van der Waals surface area contributed by atoms with Crippen molar-refractivity contribution in [3.05, 3.63) is 59.7 Å². The van der Waals surface area contributed by atoms with Crippen LogP contribution in [0.5, 0.6) is 0 Å². The van der Waals surface area contributed by atoms with Crippen LogP contribution in [0.25, 0.3) is 11.1 Å². The summed E-state index contributed by atoms with van der Waals surface area (Å²) in [4.78, 5) is 38.4. The highest BCUT2D eigenvalue weighted by Gasteiger charge is 2.43. The van der Waals surface area contributed by atoms with Crippen molar-refractivity contribution >= 4 is 18.0 Å². The molecule has 2 amide bonds. The summed E-state index contributed by atoms with van der Waals surface area (Å²) in [5.74, 6) is -1.53. The molecule has 1 saturated carbocycles. The lowest BCUT2D eigenvalue weighted by atomic mass is 9.96. The smallest absolute Gasteiger partial charge is 0.408 e. The van der Waals surface area contributed by atoms with Crippen LogP contribution in [0.4, 0.5) is 4.79 Å². The zero-order chi connectivity index (χ0) is 22.9. The van der Waals surface area contributed by atoms with E-state index in [1.54, 1.807) is 13.8 Å². The number of hydrogen-bond acceptors (Lipinski definition) is 4. The van der Waals surface area contributed by atoms with Gasteiger partial charge >= 0.3 is 12.1 Å². The zero-order valence-corrected chi connectivity index (χ0v) is 18.3. The number of carboxylic acid groups (broad SMARTS) is 1. The van der Waals surface area contributed by atoms with Crippen LogP contribution in [0, 0.1) is 0 Å². The number of ether oxygens (including phenoxy) is 1. The van der Waals surface area contributed by atoms with Gasteiger partial charge in [0.25, 0.3) is 0 Å². The van der Waals surface area contributed by atoms with Crippen molar-refractivity contribution in [1.29, 1.82) is 0 Å². The first-order valence-electron chi connectivity index (χ1n) is 11.0. The summed E-state index contributed by atoms with van der Waals surface area (Å²) < 4.78 is 5.59. The number of alkyl carbamates (subject to hydrolysis) is 1. The van der Waals surface area contributed by atoms with Crippen molar-refractivity contribution in [1.82, 2.24) is 10.2 Å². The molecule has 168 valence electrons. The van der Waals surface area contributed by atoms with Gasteiger partial charge in [0.15, 0.2) is 0 Å². The Bertz CT molecular complexity index is 1000. The molecule has 0 radical (unpaired) electrons. The predicted octanol–water partition coefficient (Wildman–Crippen LogP) is 3.77. The lowest BCUT2D eigenvalue weighted by molar-refractivity contribution is -0.147. The van der Waals surface area contributed by atoms with Crippen LogP contribution < -0.4 is 5.32 Å². The van der Waals surface area contributed by atoms with Crippen LogP contribution in [0.3, 0.4) is 0 Å². The molecule has 1 fully saturated rings. The van der Waals surface area contributed by atoms with E-state index >= 15 is 0 Å². The van der Waals surface area contributed by atoms with Crippen molar-refractivity contribution in [3.8, 4) is 11.1 Å². The summed E-state index contributed by atoms with van der Waals surface area (Å²) in [5, 5.41) is 11.9. The lowest BCUT2D eigenvalue weighted by Crippen LogP contribution is -2.59. The fraction of sp³-hybridized carbons (Fsp3) is 0.400. The Kier molecular flexibility index (Phi) is 5.91. The van der Waals surface area contributed by atoms with Crippen LogP contribution in [0.15, 0.2) is 48.5 Å². The molecule has 0 saturated heterocycles. The second kappa shape index (κ2) is 8.65.